The number of likely N-dealkylation sites (tertiary alicyclic amines) is 1. The average molecular weight is 291 g/mol. The van der Waals surface area contributed by atoms with Crippen molar-refractivity contribution in [2.24, 2.45) is 0 Å². The highest BCUT2D eigenvalue weighted by Gasteiger charge is 2.18. The second-order valence-corrected chi connectivity index (χ2v) is 5.43. The van der Waals surface area contributed by atoms with Crippen LogP contribution >= 0.6 is 0 Å². The van der Waals surface area contributed by atoms with E-state index in [4.69, 9.17) is 5.11 Å². The van der Waals surface area contributed by atoms with Crippen LogP contribution in [0.25, 0.3) is 0 Å². The van der Waals surface area contributed by atoms with Crippen molar-refractivity contribution >= 4 is 12.0 Å². The monoisotopic (exact) mass is 291 g/mol. The van der Waals surface area contributed by atoms with Crippen molar-refractivity contribution < 1.29 is 14.7 Å². The van der Waals surface area contributed by atoms with E-state index in [2.05, 4.69) is 22.6 Å². The summed E-state index contributed by atoms with van der Waals surface area (Å²) in [4.78, 5) is 24.8. The normalized spacial score (nSPS) is 19.0. The summed E-state index contributed by atoms with van der Waals surface area (Å²) in [6, 6.07) is 6.49. The SMILES string of the molecule is CN1CCCC(NC(=O)NCc2ccc(C(=O)O)cc2)C1. The molecule has 1 aliphatic rings. The first-order chi connectivity index (χ1) is 10.0. The number of carbonyl (C=O) groups excluding carboxylic acids is 1. The lowest BCUT2D eigenvalue weighted by Gasteiger charge is -2.30. The largest absolute Gasteiger partial charge is 0.478 e. The van der Waals surface area contributed by atoms with Gasteiger partial charge in [-0.2, -0.15) is 0 Å². The predicted molar refractivity (Wildman–Crippen MR) is 79.3 cm³/mol. The number of likely N-dealkylation sites (N-methyl/N-ethyl adjacent to an activating group) is 1. The molecule has 3 N–H and O–H groups in total. The third kappa shape index (κ3) is 4.75. The van der Waals surface area contributed by atoms with Crippen molar-refractivity contribution in [3.05, 3.63) is 35.4 Å². The third-order valence-electron chi connectivity index (χ3n) is 3.61. The van der Waals surface area contributed by atoms with Crippen molar-refractivity contribution in [1.82, 2.24) is 15.5 Å². The molecule has 0 radical (unpaired) electrons. The lowest BCUT2D eigenvalue weighted by Crippen LogP contribution is -2.49. The summed E-state index contributed by atoms with van der Waals surface area (Å²) in [6.45, 7) is 2.34. The number of aromatic carboxylic acids is 1. The lowest BCUT2D eigenvalue weighted by atomic mass is 10.1. The topological polar surface area (TPSA) is 81.7 Å². The summed E-state index contributed by atoms with van der Waals surface area (Å²) in [7, 11) is 2.05. The molecule has 1 heterocycles. The molecular weight excluding hydrogens is 270 g/mol. The smallest absolute Gasteiger partial charge is 0.335 e. The van der Waals surface area contributed by atoms with Gasteiger partial charge < -0.3 is 20.6 Å². The summed E-state index contributed by atoms with van der Waals surface area (Å²) < 4.78 is 0. The number of urea groups is 1. The molecule has 6 nitrogen and oxygen atoms in total. The van der Waals surface area contributed by atoms with Crippen LogP contribution in [0.1, 0.15) is 28.8 Å². The summed E-state index contributed by atoms with van der Waals surface area (Å²) in [6.07, 6.45) is 2.10. The van der Waals surface area contributed by atoms with Crippen LogP contribution in [0.3, 0.4) is 0 Å². The summed E-state index contributed by atoms with van der Waals surface area (Å²) in [5.41, 5.74) is 1.12. The van der Waals surface area contributed by atoms with Crippen molar-refractivity contribution in [2.75, 3.05) is 20.1 Å². The zero-order chi connectivity index (χ0) is 15.2. The fraction of sp³-hybridized carbons (Fsp3) is 0.467. The van der Waals surface area contributed by atoms with Crippen LogP contribution in [0.4, 0.5) is 4.79 Å². The maximum Gasteiger partial charge on any atom is 0.335 e. The number of carbonyl (C=O) groups is 2. The zero-order valence-electron chi connectivity index (χ0n) is 12.1. The number of nitrogens with zero attached hydrogens (tertiary/aromatic N) is 1. The molecule has 0 aromatic heterocycles. The Hall–Kier alpha value is -2.08. The van der Waals surface area contributed by atoms with Gasteiger partial charge in [0.05, 0.1) is 5.56 Å². The molecule has 2 amide bonds. The number of hydrogen-bond donors (Lipinski definition) is 3. The number of piperidine rings is 1. The van der Waals surface area contributed by atoms with E-state index < -0.39 is 5.97 Å². The van der Waals surface area contributed by atoms with Crippen LogP contribution in [0.5, 0.6) is 0 Å². The lowest BCUT2D eigenvalue weighted by molar-refractivity contribution is 0.0697. The predicted octanol–water partition coefficient (Wildman–Crippen LogP) is 1.28. The second-order valence-electron chi connectivity index (χ2n) is 5.43. The quantitative estimate of drug-likeness (QED) is 0.780. The molecule has 21 heavy (non-hydrogen) atoms. The molecule has 0 bridgehead atoms. The van der Waals surface area contributed by atoms with Crippen LogP contribution < -0.4 is 10.6 Å². The molecule has 1 unspecified atom stereocenters. The minimum Gasteiger partial charge on any atom is -0.478 e. The Morgan fingerprint density at radius 2 is 2.05 bits per heavy atom. The van der Waals surface area contributed by atoms with Gasteiger partial charge in [-0.1, -0.05) is 12.1 Å². The van der Waals surface area contributed by atoms with Gasteiger partial charge in [-0.25, -0.2) is 9.59 Å². The van der Waals surface area contributed by atoms with Crippen LogP contribution in [0.15, 0.2) is 24.3 Å². The molecule has 0 spiro atoms. The van der Waals surface area contributed by atoms with Crippen LogP contribution in [0.2, 0.25) is 0 Å². The minimum absolute atomic E-state index is 0.183. The number of amides is 2. The Labute approximate surface area is 124 Å². The van der Waals surface area contributed by atoms with Crippen LogP contribution in [0, 0.1) is 0 Å². The van der Waals surface area contributed by atoms with E-state index in [9.17, 15) is 9.59 Å². The maximum absolute atomic E-state index is 11.8. The fourth-order valence-electron chi connectivity index (χ4n) is 2.47. The Balaban J connectivity index is 1.76. The number of hydrogen-bond acceptors (Lipinski definition) is 3. The van der Waals surface area contributed by atoms with E-state index in [1.54, 1.807) is 12.1 Å². The van der Waals surface area contributed by atoms with Crippen molar-refractivity contribution in [3.63, 3.8) is 0 Å². The Morgan fingerprint density at radius 1 is 1.33 bits per heavy atom. The standard InChI is InChI=1S/C15H21N3O3/c1-18-8-2-3-13(10-18)17-15(21)16-9-11-4-6-12(7-5-11)14(19)20/h4-7,13H,2-3,8-10H2,1H3,(H,19,20)(H2,16,17,21). The highest BCUT2D eigenvalue weighted by atomic mass is 16.4. The van der Waals surface area contributed by atoms with Gasteiger partial charge in [-0.15, -0.1) is 0 Å². The van der Waals surface area contributed by atoms with E-state index in [1.165, 1.54) is 12.1 Å². The molecule has 2 rings (SSSR count). The number of nitrogens with one attached hydrogen (secondary N) is 2. The van der Waals surface area contributed by atoms with Crippen molar-refractivity contribution in [1.29, 1.82) is 0 Å². The van der Waals surface area contributed by atoms with E-state index in [-0.39, 0.29) is 17.6 Å². The fourth-order valence-corrected chi connectivity index (χ4v) is 2.47. The van der Waals surface area contributed by atoms with Gasteiger partial charge in [0, 0.05) is 19.1 Å². The molecule has 0 saturated carbocycles. The number of benzene rings is 1. The van der Waals surface area contributed by atoms with Crippen molar-refractivity contribution in [2.45, 2.75) is 25.4 Å². The highest BCUT2D eigenvalue weighted by molar-refractivity contribution is 5.87. The molecule has 1 fully saturated rings. The average Bonchev–Trinajstić information content (AvgIpc) is 2.45. The number of carboxylic acid groups (broad SMARTS) is 1. The number of carboxylic acids is 1. The van der Waals surface area contributed by atoms with Crippen molar-refractivity contribution in [3.8, 4) is 0 Å². The Kier molecular flexibility index (Phi) is 5.16. The minimum atomic E-state index is -0.950. The Bertz CT molecular complexity index is 501. The second kappa shape index (κ2) is 7.08. The van der Waals surface area contributed by atoms with E-state index >= 15 is 0 Å². The first kappa shape index (κ1) is 15.3. The van der Waals surface area contributed by atoms with Gasteiger partial charge in [-0.05, 0) is 44.1 Å². The molecule has 114 valence electrons. The molecule has 1 aromatic rings. The summed E-state index contributed by atoms with van der Waals surface area (Å²) >= 11 is 0. The van der Waals surface area contributed by atoms with Gasteiger partial charge in [0.25, 0.3) is 0 Å². The third-order valence-corrected chi connectivity index (χ3v) is 3.61. The molecule has 0 aliphatic carbocycles. The van der Waals surface area contributed by atoms with Gasteiger partial charge in [-0.3, -0.25) is 0 Å². The van der Waals surface area contributed by atoms with E-state index in [1.807, 2.05) is 0 Å². The zero-order valence-corrected chi connectivity index (χ0v) is 12.1. The maximum atomic E-state index is 11.8. The van der Waals surface area contributed by atoms with E-state index in [0.29, 0.717) is 6.54 Å². The molecule has 1 aliphatic heterocycles. The van der Waals surface area contributed by atoms with Gasteiger partial charge in [0.15, 0.2) is 0 Å². The van der Waals surface area contributed by atoms with E-state index in [0.717, 1.165) is 31.5 Å². The molecule has 1 atom stereocenters. The molecular formula is C15H21N3O3. The molecule has 6 heteroatoms. The Morgan fingerprint density at radius 3 is 2.67 bits per heavy atom. The molecule has 1 aromatic carbocycles. The van der Waals surface area contributed by atoms with Crippen LogP contribution in [-0.2, 0) is 6.54 Å². The first-order valence-corrected chi connectivity index (χ1v) is 7.10. The summed E-state index contributed by atoms with van der Waals surface area (Å²) in [5.74, 6) is -0.950. The number of rotatable bonds is 4. The highest BCUT2D eigenvalue weighted by Crippen LogP contribution is 2.08. The molecule has 1 saturated heterocycles. The van der Waals surface area contributed by atoms with Crippen LogP contribution in [-0.4, -0.2) is 48.2 Å². The van der Waals surface area contributed by atoms with Gasteiger partial charge in [0.2, 0.25) is 0 Å². The van der Waals surface area contributed by atoms with Gasteiger partial charge in [0.1, 0.15) is 0 Å². The first-order valence-electron chi connectivity index (χ1n) is 7.10. The van der Waals surface area contributed by atoms with Gasteiger partial charge >= 0.3 is 12.0 Å². The summed E-state index contributed by atoms with van der Waals surface area (Å²) in [5, 5.41) is 14.6.